The second-order valence-corrected chi connectivity index (χ2v) is 4.12. The highest BCUT2D eigenvalue weighted by Gasteiger charge is 2.33. The van der Waals surface area contributed by atoms with Crippen molar-refractivity contribution >= 4 is 6.03 Å². The molecular formula is C10H20N2O2. The molecule has 0 unspecified atom stereocenters. The number of hydrogen-bond acceptors (Lipinski definition) is 2. The molecule has 0 aliphatic heterocycles. The second-order valence-electron chi connectivity index (χ2n) is 4.12. The van der Waals surface area contributed by atoms with Crippen LogP contribution >= 0.6 is 0 Å². The van der Waals surface area contributed by atoms with E-state index in [1.165, 1.54) is 0 Å². The van der Waals surface area contributed by atoms with Gasteiger partial charge in [-0.25, -0.2) is 4.79 Å². The van der Waals surface area contributed by atoms with Crippen LogP contribution in [0.1, 0.15) is 32.6 Å². The third-order valence-corrected chi connectivity index (χ3v) is 2.74. The molecule has 2 N–H and O–H groups in total. The summed E-state index contributed by atoms with van der Waals surface area (Å²) in [4.78, 5) is 12.9. The number of amides is 2. The third-order valence-electron chi connectivity index (χ3n) is 2.74. The number of aliphatic hydroxyl groups is 1. The van der Waals surface area contributed by atoms with Gasteiger partial charge in [0.1, 0.15) is 0 Å². The van der Waals surface area contributed by atoms with Crippen LogP contribution in [0.3, 0.4) is 0 Å². The highest BCUT2D eigenvalue weighted by atomic mass is 16.3. The molecule has 0 saturated heterocycles. The van der Waals surface area contributed by atoms with Crippen molar-refractivity contribution in [3.63, 3.8) is 0 Å². The van der Waals surface area contributed by atoms with Crippen LogP contribution in [-0.2, 0) is 0 Å². The lowest BCUT2D eigenvalue weighted by atomic mass is 10.0. The minimum absolute atomic E-state index is 0.104. The van der Waals surface area contributed by atoms with Crippen molar-refractivity contribution in [2.24, 2.45) is 0 Å². The quantitative estimate of drug-likeness (QED) is 0.712. The lowest BCUT2D eigenvalue weighted by molar-refractivity contribution is 0.0248. The summed E-state index contributed by atoms with van der Waals surface area (Å²) in [6.07, 6.45) is 3.77. The first-order valence-electron chi connectivity index (χ1n) is 5.29. The van der Waals surface area contributed by atoms with Gasteiger partial charge >= 0.3 is 6.03 Å². The summed E-state index contributed by atoms with van der Waals surface area (Å²) in [5, 5.41) is 12.8. The molecule has 0 aromatic rings. The van der Waals surface area contributed by atoms with Gasteiger partial charge in [-0.2, -0.15) is 0 Å². The Morgan fingerprint density at radius 1 is 1.50 bits per heavy atom. The van der Waals surface area contributed by atoms with E-state index in [2.05, 4.69) is 5.32 Å². The summed E-state index contributed by atoms with van der Waals surface area (Å²) < 4.78 is 0. The van der Waals surface area contributed by atoms with Crippen molar-refractivity contribution in [2.45, 2.75) is 38.2 Å². The van der Waals surface area contributed by atoms with E-state index in [1.54, 1.807) is 11.9 Å². The van der Waals surface area contributed by atoms with Crippen LogP contribution in [0.25, 0.3) is 0 Å². The molecule has 1 saturated carbocycles. The van der Waals surface area contributed by atoms with Gasteiger partial charge in [-0.05, 0) is 19.8 Å². The first-order chi connectivity index (χ1) is 6.57. The fourth-order valence-electron chi connectivity index (χ4n) is 1.99. The number of hydrogen-bond donors (Lipinski definition) is 2. The molecule has 1 fully saturated rings. The molecule has 0 radical (unpaired) electrons. The Bertz CT molecular complexity index is 200. The van der Waals surface area contributed by atoms with Gasteiger partial charge in [-0.3, -0.25) is 0 Å². The van der Waals surface area contributed by atoms with E-state index in [0.717, 1.165) is 25.7 Å². The minimum atomic E-state index is -0.639. The molecule has 4 nitrogen and oxygen atoms in total. The summed E-state index contributed by atoms with van der Waals surface area (Å²) in [5.74, 6) is 0. The highest BCUT2D eigenvalue weighted by Crippen LogP contribution is 2.29. The van der Waals surface area contributed by atoms with Gasteiger partial charge in [0.15, 0.2) is 0 Å². The average molecular weight is 200 g/mol. The van der Waals surface area contributed by atoms with Crippen molar-refractivity contribution in [3.8, 4) is 0 Å². The van der Waals surface area contributed by atoms with E-state index in [1.807, 2.05) is 6.92 Å². The Morgan fingerprint density at radius 3 is 2.57 bits per heavy atom. The van der Waals surface area contributed by atoms with Crippen molar-refractivity contribution < 1.29 is 9.90 Å². The van der Waals surface area contributed by atoms with E-state index in [0.29, 0.717) is 13.1 Å². The molecule has 1 aliphatic carbocycles. The smallest absolute Gasteiger partial charge is 0.317 e. The zero-order valence-electron chi connectivity index (χ0n) is 9.05. The van der Waals surface area contributed by atoms with Crippen molar-refractivity contribution in [3.05, 3.63) is 0 Å². The maximum Gasteiger partial charge on any atom is 0.317 e. The van der Waals surface area contributed by atoms with Gasteiger partial charge < -0.3 is 15.3 Å². The van der Waals surface area contributed by atoms with E-state index in [9.17, 15) is 9.90 Å². The summed E-state index contributed by atoms with van der Waals surface area (Å²) in [6.45, 7) is 2.95. The topological polar surface area (TPSA) is 52.6 Å². The largest absolute Gasteiger partial charge is 0.388 e. The molecule has 14 heavy (non-hydrogen) atoms. The first-order valence-corrected chi connectivity index (χ1v) is 5.29. The molecule has 0 heterocycles. The van der Waals surface area contributed by atoms with E-state index < -0.39 is 5.60 Å². The highest BCUT2D eigenvalue weighted by molar-refractivity contribution is 5.73. The van der Waals surface area contributed by atoms with E-state index >= 15 is 0 Å². The summed E-state index contributed by atoms with van der Waals surface area (Å²) in [7, 11) is 1.72. The monoisotopic (exact) mass is 200 g/mol. The summed E-state index contributed by atoms with van der Waals surface area (Å²) in [6, 6.07) is -0.104. The lowest BCUT2D eigenvalue weighted by Gasteiger charge is -2.28. The number of nitrogens with zero attached hydrogens (tertiary/aromatic N) is 1. The predicted octanol–water partition coefficient (Wildman–Crippen LogP) is 0.953. The molecule has 1 aliphatic rings. The SMILES string of the molecule is CCNC(=O)N(C)CC1(O)CCCC1. The van der Waals surface area contributed by atoms with Gasteiger partial charge in [0, 0.05) is 13.6 Å². The molecule has 0 aromatic carbocycles. The van der Waals surface area contributed by atoms with Crippen LogP contribution in [0, 0.1) is 0 Å². The van der Waals surface area contributed by atoms with Crippen LogP contribution in [0.2, 0.25) is 0 Å². The Hall–Kier alpha value is -0.770. The maximum absolute atomic E-state index is 11.4. The molecular weight excluding hydrogens is 180 g/mol. The number of carbonyl (C=O) groups excluding carboxylic acids is 1. The minimum Gasteiger partial charge on any atom is -0.388 e. The van der Waals surface area contributed by atoms with Crippen LogP contribution in [0.5, 0.6) is 0 Å². The van der Waals surface area contributed by atoms with Crippen LogP contribution in [-0.4, -0.2) is 41.8 Å². The molecule has 1 rings (SSSR count). The molecule has 82 valence electrons. The third kappa shape index (κ3) is 2.87. The fraction of sp³-hybridized carbons (Fsp3) is 0.900. The Labute approximate surface area is 85.3 Å². The van der Waals surface area contributed by atoms with Gasteiger partial charge in [0.25, 0.3) is 0 Å². The number of urea groups is 1. The molecule has 0 spiro atoms. The van der Waals surface area contributed by atoms with Crippen LogP contribution < -0.4 is 5.32 Å². The Kier molecular flexibility index (Phi) is 3.75. The standard InChI is InChI=1S/C10H20N2O2/c1-3-11-9(13)12(2)8-10(14)6-4-5-7-10/h14H,3-8H2,1-2H3,(H,11,13). The molecule has 4 heteroatoms. The number of likely N-dealkylation sites (N-methyl/N-ethyl adjacent to an activating group) is 1. The normalized spacial score (nSPS) is 19.4. The molecule has 0 bridgehead atoms. The van der Waals surface area contributed by atoms with Gasteiger partial charge in [-0.15, -0.1) is 0 Å². The van der Waals surface area contributed by atoms with E-state index in [4.69, 9.17) is 0 Å². The number of rotatable bonds is 3. The number of nitrogens with one attached hydrogen (secondary N) is 1. The van der Waals surface area contributed by atoms with Crippen molar-refractivity contribution in [1.82, 2.24) is 10.2 Å². The van der Waals surface area contributed by atoms with Gasteiger partial charge in [-0.1, -0.05) is 12.8 Å². The first kappa shape index (κ1) is 11.3. The maximum atomic E-state index is 11.4. The second kappa shape index (κ2) is 4.64. The molecule has 2 amide bonds. The molecule has 0 aromatic heterocycles. The average Bonchev–Trinajstić information content (AvgIpc) is 2.52. The van der Waals surface area contributed by atoms with Crippen LogP contribution in [0.4, 0.5) is 4.79 Å². The fourth-order valence-corrected chi connectivity index (χ4v) is 1.99. The summed E-state index contributed by atoms with van der Waals surface area (Å²) in [5.41, 5.74) is -0.639. The summed E-state index contributed by atoms with van der Waals surface area (Å²) >= 11 is 0. The zero-order valence-corrected chi connectivity index (χ0v) is 9.05. The van der Waals surface area contributed by atoms with Gasteiger partial charge in [0.05, 0.1) is 12.1 Å². The Balaban J connectivity index is 2.38. The number of carbonyl (C=O) groups is 1. The van der Waals surface area contributed by atoms with Gasteiger partial charge in [0.2, 0.25) is 0 Å². The Morgan fingerprint density at radius 2 is 2.07 bits per heavy atom. The van der Waals surface area contributed by atoms with Crippen molar-refractivity contribution in [1.29, 1.82) is 0 Å². The van der Waals surface area contributed by atoms with Crippen LogP contribution in [0.15, 0.2) is 0 Å². The van der Waals surface area contributed by atoms with Crippen molar-refractivity contribution in [2.75, 3.05) is 20.1 Å². The molecule has 0 atom stereocenters. The lowest BCUT2D eigenvalue weighted by Crippen LogP contribution is -2.46. The predicted molar refractivity (Wildman–Crippen MR) is 55.1 cm³/mol. The zero-order chi connectivity index (χ0) is 10.6. The van der Waals surface area contributed by atoms with E-state index in [-0.39, 0.29) is 6.03 Å².